The Morgan fingerprint density at radius 3 is 2.88 bits per heavy atom. The highest BCUT2D eigenvalue weighted by molar-refractivity contribution is 9.10. The van der Waals surface area contributed by atoms with Gasteiger partial charge >= 0.3 is 5.97 Å². The Balaban J connectivity index is 2.47. The summed E-state index contributed by atoms with van der Waals surface area (Å²) in [4.78, 5) is 24.3. The van der Waals surface area contributed by atoms with Crippen molar-refractivity contribution in [3.05, 3.63) is 28.2 Å². The standard InChI is InChI=1S/C11H10BrNO4/c12-7-2-1-3-8(10(7)11(15)16)13-4-5-17-6-9(13)14/h1-3H,4-6H2,(H,15,16). The number of hydrogen-bond donors (Lipinski definition) is 1. The summed E-state index contributed by atoms with van der Waals surface area (Å²) in [6.45, 7) is 0.776. The van der Waals surface area contributed by atoms with E-state index in [1.54, 1.807) is 18.2 Å². The van der Waals surface area contributed by atoms with Crippen molar-refractivity contribution in [1.82, 2.24) is 0 Å². The highest BCUT2D eigenvalue weighted by atomic mass is 79.9. The maximum Gasteiger partial charge on any atom is 0.338 e. The number of benzene rings is 1. The molecule has 90 valence electrons. The molecule has 0 saturated carbocycles. The van der Waals surface area contributed by atoms with E-state index in [-0.39, 0.29) is 18.1 Å². The second kappa shape index (κ2) is 4.85. The monoisotopic (exact) mass is 299 g/mol. The number of amides is 1. The normalized spacial score (nSPS) is 16.1. The number of nitrogens with zero attached hydrogens (tertiary/aromatic N) is 1. The van der Waals surface area contributed by atoms with Gasteiger partial charge in [0.2, 0.25) is 0 Å². The van der Waals surface area contributed by atoms with Gasteiger partial charge in [0, 0.05) is 11.0 Å². The molecule has 0 atom stereocenters. The summed E-state index contributed by atoms with van der Waals surface area (Å²) in [5.74, 6) is -1.29. The lowest BCUT2D eigenvalue weighted by Crippen LogP contribution is -2.42. The van der Waals surface area contributed by atoms with Gasteiger partial charge in [-0.1, -0.05) is 6.07 Å². The summed E-state index contributed by atoms with van der Waals surface area (Å²) >= 11 is 3.18. The van der Waals surface area contributed by atoms with Gasteiger partial charge < -0.3 is 14.7 Å². The number of morpholine rings is 1. The SMILES string of the molecule is O=C(O)c1c(Br)cccc1N1CCOCC1=O. The van der Waals surface area contributed by atoms with Crippen LogP contribution in [0.3, 0.4) is 0 Å². The van der Waals surface area contributed by atoms with Gasteiger partial charge in [-0.25, -0.2) is 4.79 Å². The molecule has 5 nitrogen and oxygen atoms in total. The number of halogens is 1. The molecule has 1 aromatic rings. The topological polar surface area (TPSA) is 66.8 Å². The Labute approximate surface area is 106 Å². The van der Waals surface area contributed by atoms with Crippen LogP contribution in [-0.4, -0.2) is 36.7 Å². The molecule has 1 N–H and O–H groups in total. The lowest BCUT2D eigenvalue weighted by Gasteiger charge is -2.28. The first-order chi connectivity index (χ1) is 8.11. The highest BCUT2D eigenvalue weighted by Crippen LogP contribution is 2.28. The number of carboxylic acids is 1. The molecule has 1 fully saturated rings. The maximum absolute atomic E-state index is 11.7. The first-order valence-electron chi connectivity index (χ1n) is 5.01. The Kier molecular flexibility index (Phi) is 3.44. The third-order valence-electron chi connectivity index (χ3n) is 2.48. The molecule has 1 saturated heterocycles. The molecule has 1 aromatic carbocycles. The predicted molar refractivity (Wildman–Crippen MR) is 64.3 cm³/mol. The third-order valence-corrected chi connectivity index (χ3v) is 3.14. The molecular formula is C11H10BrNO4. The van der Waals surface area contributed by atoms with E-state index in [0.717, 1.165) is 0 Å². The molecule has 2 rings (SSSR count). The third kappa shape index (κ3) is 2.32. The van der Waals surface area contributed by atoms with Crippen molar-refractivity contribution in [2.45, 2.75) is 0 Å². The van der Waals surface area contributed by atoms with Gasteiger partial charge in [0.05, 0.1) is 17.9 Å². The zero-order valence-electron chi connectivity index (χ0n) is 8.85. The molecular weight excluding hydrogens is 290 g/mol. The second-order valence-corrected chi connectivity index (χ2v) is 4.39. The average molecular weight is 300 g/mol. The van der Waals surface area contributed by atoms with Crippen LogP contribution in [0.1, 0.15) is 10.4 Å². The van der Waals surface area contributed by atoms with Crippen LogP contribution in [0.15, 0.2) is 22.7 Å². The van der Waals surface area contributed by atoms with Gasteiger partial charge in [-0.05, 0) is 28.1 Å². The van der Waals surface area contributed by atoms with E-state index < -0.39 is 5.97 Å². The Morgan fingerprint density at radius 1 is 1.47 bits per heavy atom. The Morgan fingerprint density at radius 2 is 2.24 bits per heavy atom. The molecule has 17 heavy (non-hydrogen) atoms. The molecule has 0 bridgehead atoms. The van der Waals surface area contributed by atoms with E-state index in [9.17, 15) is 9.59 Å². The van der Waals surface area contributed by atoms with E-state index in [0.29, 0.717) is 23.3 Å². The molecule has 0 radical (unpaired) electrons. The summed E-state index contributed by atoms with van der Waals surface area (Å²) in [6, 6.07) is 4.96. The van der Waals surface area contributed by atoms with Crippen LogP contribution in [0, 0.1) is 0 Å². The molecule has 1 aliphatic rings. The summed E-state index contributed by atoms with van der Waals surface area (Å²) < 4.78 is 5.47. The van der Waals surface area contributed by atoms with Crippen LogP contribution in [0.4, 0.5) is 5.69 Å². The summed E-state index contributed by atoms with van der Waals surface area (Å²) in [6.07, 6.45) is 0. The minimum Gasteiger partial charge on any atom is -0.478 e. The molecule has 0 spiro atoms. The van der Waals surface area contributed by atoms with Gasteiger partial charge in [0.25, 0.3) is 5.91 Å². The smallest absolute Gasteiger partial charge is 0.338 e. The van der Waals surface area contributed by atoms with Crippen molar-refractivity contribution >= 4 is 33.5 Å². The van der Waals surface area contributed by atoms with E-state index in [4.69, 9.17) is 9.84 Å². The van der Waals surface area contributed by atoms with Crippen molar-refractivity contribution in [2.75, 3.05) is 24.7 Å². The molecule has 0 aliphatic carbocycles. The van der Waals surface area contributed by atoms with E-state index >= 15 is 0 Å². The molecule has 0 aromatic heterocycles. The van der Waals surface area contributed by atoms with Gasteiger partial charge in [-0.2, -0.15) is 0 Å². The van der Waals surface area contributed by atoms with Gasteiger partial charge in [0.1, 0.15) is 6.61 Å². The fraction of sp³-hybridized carbons (Fsp3) is 0.273. The molecule has 1 amide bonds. The first kappa shape index (κ1) is 12.1. The number of rotatable bonds is 2. The van der Waals surface area contributed by atoms with E-state index in [1.807, 2.05) is 0 Å². The minimum atomic E-state index is -1.06. The van der Waals surface area contributed by atoms with Crippen molar-refractivity contribution < 1.29 is 19.4 Å². The fourth-order valence-electron chi connectivity index (χ4n) is 1.72. The van der Waals surface area contributed by atoms with Crippen LogP contribution >= 0.6 is 15.9 Å². The average Bonchev–Trinajstić information content (AvgIpc) is 2.28. The highest BCUT2D eigenvalue weighted by Gasteiger charge is 2.25. The maximum atomic E-state index is 11.7. The zero-order chi connectivity index (χ0) is 12.4. The van der Waals surface area contributed by atoms with E-state index in [1.165, 1.54) is 4.90 Å². The minimum absolute atomic E-state index is 0.00836. The van der Waals surface area contributed by atoms with Crippen molar-refractivity contribution in [3.63, 3.8) is 0 Å². The lowest BCUT2D eigenvalue weighted by atomic mass is 10.1. The number of anilines is 1. The number of carboxylic acid groups (broad SMARTS) is 1. The van der Waals surface area contributed by atoms with Crippen molar-refractivity contribution in [1.29, 1.82) is 0 Å². The van der Waals surface area contributed by atoms with Crippen molar-refractivity contribution in [2.24, 2.45) is 0 Å². The molecule has 1 aliphatic heterocycles. The quantitative estimate of drug-likeness (QED) is 0.899. The van der Waals surface area contributed by atoms with Gasteiger partial charge in [-0.3, -0.25) is 4.79 Å². The molecule has 0 unspecified atom stereocenters. The van der Waals surface area contributed by atoms with Crippen molar-refractivity contribution in [3.8, 4) is 0 Å². The Bertz CT molecular complexity index is 475. The van der Waals surface area contributed by atoms with Crippen LogP contribution in [-0.2, 0) is 9.53 Å². The summed E-state index contributed by atoms with van der Waals surface area (Å²) in [5.41, 5.74) is 0.503. The predicted octanol–water partition coefficient (Wildman–Crippen LogP) is 1.51. The zero-order valence-corrected chi connectivity index (χ0v) is 10.4. The molecule has 1 heterocycles. The summed E-state index contributed by atoms with van der Waals surface area (Å²) in [5, 5.41) is 9.16. The number of ether oxygens (including phenoxy) is 1. The van der Waals surface area contributed by atoms with Gasteiger partial charge in [0.15, 0.2) is 0 Å². The summed E-state index contributed by atoms with van der Waals surface area (Å²) in [7, 11) is 0. The number of hydrogen-bond acceptors (Lipinski definition) is 3. The number of carbonyl (C=O) groups excluding carboxylic acids is 1. The Hall–Kier alpha value is -1.40. The number of carbonyl (C=O) groups is 2. The van der Waals surface area contributed by atoms with E-state index in [2.05, 4.69) is 15.9 Å². The number of aromatic carboxylic acids is 1. The van der Waals surface area contributed by atoms with Crippen LogP contribution in [0.2, 0.25) is 0 Å². The fourth-order valence-corrected chi connectivity index (χ4v) is 2.25. The lowest BCUT2D eigenvalue weighted by molar-refractivity contribution is -0.125. The largest absolute Gasteiger partial charge is 0.478 e. The first-order valence-corrected chi connectivity index (χ1v) is 5.80. The van der Waals surface area contributed by atoms with Crippen LogP contribution in [0.25, 0.3) is 0 Å². The molecule has 6 heteroatoms. The van der Waals surface area contributed by atoms with Gasteiger partial charge in [-0.15, -0.1) is 0 Å². The van der Waals surface area contributed by atoms with Crippen LogP contribution in [0.5, 0.6) is 0 Å². The van der Waals surface area contributed by atoms with Crippen LogP contribution < -0.4 is 4.90 Å². The second-order valence-electron chi connectivity index (χ2n) is 3.54.